The third-order valence-corrected chi connectivity index (χ3v) is 6.73. The van der Waals surface area contributed by atoms with Crippen LogP contribution in [0.1, 0.15) is 5.56 Å². The van der Waals surface area contributed by atoms with Gasteiger partial charge in [-0.2, -0.15) is 8.42 Å². The molecule has 0 saturated carbocycles. The maximum Gasteiger partial charge on any atom is 0.296 e. The van der Waals surface area contributed by atoms with Crippen molar-refractivity contribution in [3.63, 3.8) is 0 Å². The van der Waals surface area contributed by atoms with Crippen LogP contribution < -0.4 is 0 Å². The lowest BCUT2D eigenvalue weighted by Gasteiger charge is -2.00. The van der Waals surface area contributed by atoms with Gasteiger partial charge in [0.1, 0.15) is 4.34 Å². The first-order valence-corrected chi connectivity index (χ1v) is 11.4. The van der Waals surface area contributed by atoms with Crippen molar-refractivity contribution in [1.29, 1.82) is 0 Å². The fourth-order valence-electron chi connectivity index (χ4n) is 1.91. The number of hydrogen-bond donors (Lipinski definition) is 0. The van der Waals surface area contributed by atoms with E-state index in [2.05, 4.69) is 14.5 Å². The number of hydrogen-bond acceptors (Lipinski definition) is 6. The number of thiazole rings is 1. The molecule has 1 heterocycles. The summed E-state index contributed by atoms with van der Waals surface area (Å²) in [6, 6.07) is 14.2. The van der Waals surface area contributed by atoms with Crippen molar-refractivity contribution in [2.24, 2.45) is 0 Å². The van der Waals surface area contributed by atoms with Crippen LogP contribution in [0.3, 0.4) is 0 Å². The summed E-state index contributed by atoms with van der Waals surface area (Å²) in [6.45, 7) is 1.89. The minimum absolute atomic E-state index is 0.190. The van der Waals surface area contributed by atoms with Crippen LogP contribution in [0.4, 0.5) is 0 Å². The molecule has 138 valence electrons. The molecule has 0 amide bonds. The molecule has 2 aromatic carbocycles. The number of thioether (sulfide) groups is 1. The van der Waals surface area contributed by atoms with Crippen molar-refractivity contribution >= 4 is 44.8 Å². The highest BCUT2D eigenvalue weighted by atomic mass is 35.5. The number of halogens is 1. The van der Waals surface area contributed by atoms with Crippen molar-refractivity contribution < 1.29 is 12.6 Å². The Balaban J connectivity index is 0.000000190. The van der Waals surface area contributed by atoms with Crippen molar-refractivity contribution in [1.82, 2.24) is 4.98 Å². The highest BCUT2D eigenvalue weighted by Crippen LogP contribution is 2.27. The van der Waals surface area contributed by atoms with E-state index in [1.807, 2.05) is 37.4 Å². The maximum absolute atomic E-state index is 11.1. The summed E-state index contributed by atoms with van der Waals surface area (Å²) < 4.78 is 27.6. The monoisotopic (exact) mass is 427 g/mol. The van der Waals surface area contributed by atoms with Crippen LogP contribution >= 0.6 is 34.7 Å². The van der Waals surface area contributed by atoms with E-state index in [-0.39, 0.29) is 4.90 Å². The molecule has 1 aromatic heterocycles. The Kier molecular flexibility index (Phi) is 7.67. The molecular formula is C18H18ClNO3S3. The number of rotatable bonds is 4. The number of benzene rings is 2. The Labute approximate surface area is 167 Å². The van der Waals surface area contributed by atoms with E-state index >= 15 is 0 Å². The Bertz CT molecular complexity index is 937. The molecule has 0 saturated heterocycles. The van der Waals surface area contributed by atoms with Crippen molar-refractivity contribution in [2.45, 2.75) is 16.2 Å². The first kappa shape index (κ1) is 20.9. The Hall–Kier alpha value is -1.38. The SMILES string of the molecule is COS(=O)(=O)c1ccc(C)cc1.CSc1nc(-c2ccc(Cl)cc2)cs1. The van der Waals surface area contributed by atoms with E-state index in [0.717, 1.165) is 33.3 Å². The number of nitrogens with zero attached hydrogens (tertiary/aromatic N) is 1. The molecule has 0 unspecified atom stereocenters. The van der Waals surface area contributed by atoms with Gasteiger partial charge in [-0.25, -0.2) is 4.98 Å². The van der Waals surface area contributed by atoms with Gasteiger partial charge in [-0.05, 0) is 37.4 Å². The third kappa shape index (κ3) is 5.82. The van der Waals surface area contributed by atoms with Crippen LogP contribution in [0.2, 0.25) is 5.02 Å². The standard InChI is InChI=1S/C10H8ClNS2.C8H10O3S/c1-13-10-12-9(6-14-10)7-2-4-8(11)5-3-7;1-7-3-5-8(6-4-7)12(9,10)11-2/h2-6H,1H3;3-6H,1-2H3. The minimum atomic E-state index is -3.51. The van der Waals surface area contributed by atoms with E-state index in [1.165, 1.54) is 12.1 Å². The fourth-order valence-corrected chi connectivity index (χ4v) is 3.96. The molecule has 0 N–H and O–H groups in total. The van der Waals surface area contributed by atoms with Crippen LogP contribution in [-0.4, -0.2) is 26.8 Å². The number of aryl methyl sites for hydroxylation is 1. The molecule has 4 nitrogen and oxygen atoms in total. The van der Waals surface area contributed by atoms with Gasteiger partial charge in [-0.3, -0.25) is 4.18 Å². The quantitative estimate of drug-likeness (QED) is 0.405. The van der Waals surface area contributed by atoms with E-state index in [9.17, 15) is 8.42 Å². The Morgan fingerprint density at radius 1 is 1.08 bits per heavy atom. The summed E-state index contributed by atoms with van der Waals surface area (Å²) in [7, 11) is -2.37. The molecular weight excluding hydrogens is 410 g/mol. The van der Waals surface area contributed by atoms with Crippen molar-refractivity contribution in [3.8, 4) is 11.3 Å². The van der Waals surface area contributed by atoms with Gasteiger partial charge in [0.2, 0.25) is 0 Å². The molecule has 0 aliphatic heterocycles. The molecule has 8 heteroatoms. The Morgan fingerprint density at radius 3 is 2.19 bits per heavy atom. The average Bonchev–Trinajstić information content (AvgIpc) is 3.12. The minimum Gasteiger partial charge on any atom is -0.270 e. The van der Waals surface area contributed by atoms with E-state index in [1.54, 1.807) is 35.2 Å². The largest absolute Gasteiger partial charge is 0.296 e. The fraction of sp³-hybridized carbons (Fsp3) is 0.167. The topological polar surface area (TPSA) is 56.3 Å². The molecule has 26 heavy (non-hydrogen) atoms. The Morgan fingerprint density at radius 2 is 1.69 bits per heavy atom. The van der Waals surface area contributed by atoms with Gasteiger partial charge in [-0.1, -0.05) is 53.2 Å². The van der Waals surface area contributed by atoms with Gasteiger partial charge in [0.25, 0.3) is 10.1 Å². The lowest BCUT2D eigenvalue weighted by molar-refractivity contribution is 0.398. The van der Waals surface area contributed by atoms with E-state index in [0.29, 0.717) is 0 Å². The van der Waals surface area contributed by atoms with Gasteiger partial charge in [-0.15, -0.1) is 11.3 Å². The van der Waals surface area contributed by atoms with Crippen LogP contribution in [0.5, 0.6) is 0 Å². The third-order valence-electron chi connectivity index (χ3n) is 3.33. The maximum atomic E-state index is 11.1. The second-order valence-electron chi connectivity index (χ2n) is 5.14. The van der Waals surface area contributed by atoms with Gasteiger partial charge < -0.3 is 0 Å². The van der Waals surface area contributed by atoms with Gasteiger partial charge >= 0.3 is 0 Å². The summed E-state index contributed by atoms with van der Waals surface area (Å²) in [5.74, 6) is 0. The van der Waals surface area contributed by atoms with Crippen molar-refractivity contribution in [2.75, 3.05) is 13.4 Å². The smallest absolute Gasteiger partial charge is 0.270 e. The summed E-state index contributed by atoms with van der Waals surface area (Å²) in [5, 5.41) is 2.82. The van der Waals surface area contributed by atoms with E-state index in [4.69, 9.17) is 11.6 Å². The van der Waals surface area contributed by atoms with Gasteiger partial charge in [0, 0.05) is 16.0 Å². The average molecular weight is 428 g/mol. The highest BCUT2D eigenvalue weighted by molar-refractivity contribution is 8.00. The summed E-state index contributed by atoms with van der Waals surface area (Å²) in [5.41, 5.74) is 3.16. The molecule has 0 aliphatic rings. The molecule has 0 atom stereocenters. The second kappa shape index (κ2) is 9.53. The second-order valence-corrected chi connectivity index (χ2v) is 9.20. The number of aromatic nitrogens is 1. The van der Waals surface area contributed by atoms with Crippen LogP contribution in [-0.2, 0) is 14.3 Å². The zero-order chi connectivity index (χ0) is 19.2. The lowest BCUT2D eigenvalue weighted by atomic mass is 10.2. The molecule has 0 spiro atoms. The summed E-state index contributed by atoms with van der Waals surface area (Å²) >= 11 is 9.15. The molecule has 0 bridgehead atoms. The first-order valence-electron chi connectivity index (χ1n) is 7.48. The first-order chi connectivity index (χ1) is 12.4. The summed E-state index contributed by atoms with van der Waals surface area (Å²) in [4.78, 5) is 4.66. The zero-order valence-electron chi connectivity index (χ0n) is 14.5. The molecule has 0 radical (unpaired) electrons. The predicted molar refractivity (Wildman–Crippen MR) is 110 cm³/mol. The lowest BCUT2D eigenvalue weighted by Crippen LogP contribution is -2.02. The van der Waals surface area contributed by atoms with Gasteiger partial charge in [0.05, 0.1) is 17.7 Å². The predicted octanol–water partition coefficient (Wildman–Crippen LogP) is 5.52. The van der Waals surface area contributed by atoms with Crippen molar-refractivity contribution in [3.05, 3.63) is 64.5 Å². The molecule has 3 rings (SSSR count). The summed E-state index contributed by atoms with van der Waals surface area (Å²) in [6.07, 6.45) is 2.03. The van der Waals surface area contributed by atoms with Gasteiger partial charge in [0.15, 0.2) is 0 Å². The molecule has 0 aliphatic carbocycles. The zero-order valence-corrected chi connectivity index (χ0v) is 17.7. The van der Waals surface area contributed by atoms with E-state index < -0.39 is 10.1 Å². The van der Waals surface area contributed by atoms with Crippen LogP contribution in [0.15, 0.2) is 63.1 Å². The highest BCUT2D eigenvalue weighted by Gasteiger charge is 2.11. The van der Waals surface area contributed by atoms with Crippen LogP contribution in [0.25, 0.3) is 11.3 Å². The normalized spacial score (nSPS) is 10.9. The van der Waals surface area contributed by atoms with Crippen LogP contribution in [0, 0.1) is 6.92 Å². The molecule has 0 fully saturated rings. The molecule has 3 aromatic rings.